The van der Waals surface area contributed by atoms with Crippen LogP contribution in [0.15, 0.2) is 12.7 Å². The molecule has 80 valence electrons. The smallest absolute Gasteiger partial charge is 0.319 e. The topological polar surface area (TPSA) is 43.4 Å². The number of allylic oxidation sites excluding steroid dienone is 1. The summed E-state index contributed by atoms with van der Waals surface area (Å²) >= 11 is 0. The standard InChI is InChI=1S/C11H18O3/c1-5-6-7-8-11(3,9(2)12)10(13)14-4/h5H,1,6-8H2,2-4H3. The Morgan fingerprint density at radius 1 is 1.50 bits per heavy atom. The molecule has 0 saturated heterocycles. The van der Waals surface area contributed by atoms with Crippen LogP contribution in [0.5, 0.6) is 0 Å². The second-order valence-corrected chi connectivity index (χ2v) is 3.56. The summed E-state index contributed by atoms with van der Waals surface area (Å²) in [6, 6.07) is 0. The summed E-state index contributed by atoms with van der Waals surface area (Å²) in [6.07, 6.45) is 3.87. The van der Waals surface area contributed by atoms with E-state index in [2.05, 4.69) is 11.3 Å². The Balaban J connectivity index is 4.47. The maximum Gasteiger partial charge on any atom is 0.319 e. The number of unbranched alkanes of at least 4 members (excludes halogenated alkanes) is 1. The lowest BCUT2D eigenvalue weighted by atomic mass is 9.81. The summed E-state index contributed by atoms with van der Waals surface area (Å²) < 4.78 is 4.62. The number of methoxy groups -OCH3 is 1. The second kappa shape index (κ2) is 5.58. The van der Waals surface area contributed by atoms with Crippen LogP contribution in [0, 0.1) is 5.41 Å². The first-order valence-corrected chi connectivity index (χ1v) is 4.69. The van der Waals surface area contributed by atoms with Crippen LogP contribution >= 0.6 is 0 Å². The Morgan fingerprint density at radius 2 is 2.07 bits per heavy atom. The molecule has 0 saturated carbocycles. The van der Waals surface area contributed by atoms with Crippen molar-refractivity contribution in [2.45, 2.75) is 33.1 Å². The molecule has 0 fully saturated rings. The summed E-state index contributed by atoms with van der Waals surface area (Å²) in [5, 5.41) is 0. The molecule has 3 nitrogen and oxygen atoms in total. The van der Waals surface area contributed by atoms with Crippen molar-refractivity contribution in [3.8, 4) is 0 Å². The lowest BCUT2D eigenvalue weighted by Gasteiger charge is -2.23. The van der Waals surface area contributed by atoms with Crippen molar-refractivity contribution in [2.75, 3.05) is 7.11 Å². The van der Waals surface area contributed by atoms with E-state index in [1.54, 1.807) is 13.0 Å². The van der Waals surface area contributed by atoms with E-state index >= 15 is 0 Å². The van der Waals surface area contributed by atoms with E-state index in [1.165, 1.54) is 14.0 Å². The molecule has 0 heterocycles. The zero-order valence-electron chi connectivity index (χ0n) is 9.13. The number of carbonyl (C=O) groups excluding carboxylic acids is 2. The van der Waals surface area contributed by atoms with Crippen molar-refractivity contribution < 1.29 is 14.3 Å². The van der Waals surface area contributed by atoms with E-state index in [-0.39, 0.29) is 5.78 Å². The molecule has 0 radical (unpaired) electrons. The minimum Gasteiger partial charge on any atom is -0.468 e. The Morgan fingerprint density at radius 3 is 2.43 bits per heavy atom. The van der Waals surface area contributed by atoms with Crippen LogP contribution in [0.4, 0.5) is 0 Å². The van der Waals surface area contributed by atoms with Crippen LogP contribution in [-0.4, -0.2) is 18.9 Å². The molecular weight excluding hydrogens is 180 g/mol. The summed E-state index contributed by atoms with van der Waals surface area (Å²) in [5.41, 5.74) is -0.988. The zero-order chi connectivity index (χ0) is 11.2. The molecule has 0 aliphatic heterocycles. The van der Waals surface area contributed by atoms with E-state index in [4.69, 9.17) is 0 Å². The number of ether oxygens (including phenoxy) is 1. The van der Waals surface area contributed by atoms with Crippen LogP contribution in [0.1, 0.15) is 33.1 Å². The molecule has 0 bridgehead atoms. The highest BCUT2D eigenvalue weighted by Crippen LogP contribution is 2.27. The van der Waals surface area contributed by atoms with E-state index in [9.17, 15) is 9.59 Å². The lowest BCUT2D eigenvalue weighted by Crippen LogP contribution is -2.35. The van der Waals surface area contributed by atoms with Gasteiger partial charge in [-0.15, -0.1) is 6.58 Å². The Hall–Kier alpha value is -1.12. The number of ketones is 1. The van der Waals surface area contributed by atoms with Gasteiger partial charge in [-0.25, -0.2) is 0 Å². The molecule has 0 aromatic heterocycles. The average molecular weight is 198 g/mol. The highest BCUT2D eigenvalue weighted by Gasteiger charge is 2.38. The van der Waals surface area contributed by atoms with Crippen molar-refractivity contribution in [1.82, 2.24) is 0 Å². The molecule has 0 aliphatic carbocycles. The maximum atomic E-state index is 11.4. The van der Waals surface area contributed by atoms with Gasteiger partial charge in [0.1, 0.15) is 11.2 Å². The molecule has 0 aromatic rings. The van der Waals surface area contributed by atoms with Gasteiger partial charge >= 0.3 is 5.97 Å². The molecular formula is C11H18O3. The highest BCUT2D eigenvalue weighted by atomic mass is 16.5. The van der Waals surface area contributed by atoms with Gasteiger partial charge in [0.2, 0.25) is 0 Å². The van der Waals surface area contributed by atoms with Gasteiger partial charge in [0.25, 0.3) is 0 Å². The molecule has 0 aromatic carbocycles. The molecule has 1 atom stereocenters. The van der Waals surface area contributed by atoms with Gasteiger partial charge in [-0.05, 0) is 33.1 Å². The van der Waals surface area contributed by atoms with Crippen molar-refractivity contribution in [2.24, 2.45) is 5.41 Å². The monoisotopic (exact) mass is 198 g/mol. The normalized spacial score (nSPS) is 14.2. The quantitative estimate of drug-likeness (QED) is 0.284. The highest BCUT2D eigenvalue weighted by molar-refractivity contribution is 6.02. The van der Waals surface area contributed by atoms with Crippen molar-refractivity contribution in [1.29, 1.82) is 0 Å². The van der Waals surface area contributed by atoms with E-state index in [1.807, 2.05) is 0 Å². The van der Waals surface area contributed by atoms with Crippen molar-refractivity contribution >= 4 is 11.8 Å². The predicted octanol–water partition coefficient (Wildman–Crippen LogP) is 2.11. The molecule has 0 N–H and O–H groups in total. The van der Waals surface area contributed by atoms with Gasteiger partial charge < -0.3 is 4.74 Å². The molecule has 3 heteroatoms. The van der Waals surface area contributed by atoms with Crippen molar-refractivity contribution in [3.05, 3.63) is 12.7 Å². The van der Waals surface area contributed by atoms with E-state index in [0.29, 0.717) is 6.42 Å². The van der Waals surface area contributed by atoms with Crippen LogP contribution in [-0.2, 0) is 14.3 Å². The van der Waals surface area contributed by atoms with Crippen LogP contribution < -0.4 is 0 Å². The van der Waals surface area contributed by atoms with Gasteiger partial charge in [-0.1, -0.05) is 6.08 Å². The maximum absolute atomic E-state index is 11.4. The second-order valence-electron chi connectivity index (χ2n) is 3.56. The molecule has 1 unspecified atom stereocenters. The van der Waals surface area contributed by atoms with Crippen LogP contribution in [0.3, 0.4) is 0 Å². The molecule has 0 aliphatic rings. The predicted molar refractivity (Wildman–Crippen MR) is 54.9 cm³/mol. The number of hydrogen-bond acceptors (Lipinski definition) is 3. The Labute approximate surface area is 85.1 Å². The zero-order valence-corrected chi connectivity index (χ0v) is 9.13. The number of rotatable bonds is 6. The van der Waals surface area contributed by atoms with Crippen LogP contribution in [0.25, 0.3) is 0 Å². The summed E-state index contributed by atoms with van der Waals surface area (Å²) in [6.45, 7) is 6.64. The largest absolute Gasteiger partial charge is 0.468 e. The fourth-order valence-electron chi connectivity index (χ4n) is 1.25. The number of hydrogen-bond donors (Lipinski definition) is 0. The number of carbonyl (C=O) groups is 2. The molecule has 0 rings (SSSR count). The third-order valence-corrected chi connectivity index (χ3v) is 2.50. The number of esters is 1. The first-order valence-electron chi connectivity index (χ1n) is 4.69. The molecule has 14 heavy (non-hydrogen) atoms. The summed E-state index contributed by atoms with van der Waals surface area (Å²) in [4.78, 5) is 22.7. The van der Waals surface area contributed by atoms with E-state index < -0.39 is 11.4 Å². The van der Waals surface area contributed by atoms with Gasteiger partial charge in [-0.3, -0.25) is 9.59 Å². The SMILES string of the molecule is C=CCCCC(C)(C(C)=O)C(=O)OC. The summed E-state index contributed by atoms with van der Waals surface area (Å²) in [5.74, 6) is -0.595. The average Bonchev–Trinajstić information content (AvgIpc) is 2.16. The first-order chi connectivity index (χ1) is 6.49. The Bertz CT molecular complexity index is 233. The lowest BCUT2D eigenvalue weighted by molar-refractivity contribution is -0.156. The molecule has 0 spiro atoms. The fraction of sp³-hybridized carbons (Fsp3) is 0.636. The van der Waals surface area contributed by atoms with Gasteiger partial charge in [0.15, 0.2) is 0 Å². The summed E-state index contributed by atoms with van der Waals surface area (Å²) in [7, 11) is 1.30. The van der Waals surface area contributed by atoms with Gasteiger partial charge in [0.05, 0.1) is 7.11 Å². The third-order valence-electron chi connectivity index (χ3n) is 2.50. The van der Waals surface area contributed by atoms with Crippen LogP contribution in [0.2, 0.25) is 0 Å². The Kier molecular flexibility index (Phi) is 5.13. The minimum absolute atomic E-state index is 0.145. The van der Waals surface area contributed by atoms with Crippen molar-refractivity contribution in [3.63, 3.8) is 0 Å². The fourth-order valence-corrected chi connectivity index (χ4v) is 1.25. The third kappa shape index (κ3) is 2.98. The van der Waals surface area contributed by atoms with E-state index in [0.717, 1.165) is 12.8 Å². The minimum atomic E-state index is -0.988. The first kappa shape index (κ1) is 12.9. The molecule has 0 amide bonds. The van der Waals surface area contributed by atoms with Gasteiger partial charge in [-0.2, -0.15) is 0 Å². The number of Topliss-reactive ketones (excluding diaryl/α,β-unsaturated/α-hetero) is 1. The van der Waals surface area contributed by atoms with Gasteiger partial charge in [0, 0.05) is 0 Å².